The molecule has 210 valence electrons. The van der Waals surface area contributed by atoms with Crippen LogP contribution < -0.4 is 0 Å². The minimum atomic E-state index is -1.77. The first-order chi connectivity index (χ1) is 17.8. The van der Waals surface area contributed by atoms with Crippen molar-refractivity contribution in [2.45, 2.75) is 84.8 Å². The smallest absolute Gasteiger partial charge is 0.311 e. The zero-order chi connectivity index (χ0) is 28.5. The van der Waals surface area contributed by atoms with Crippen LogP contribution in [0.2, 0.25) is 0 Å². The molecule has 5 atom stereocenters. The maximum Gasteiger partial charge on any atom is 0.311 e. The van der Waals surface area contributed by atoms with Crippen LogP contribution in [0.25, 0.3) is 0 Å². The number of aliphatic hydroxyl groups excluding tert-OH is 1. The monoisotopic (exact) mass is 538 g/mol. The van der Waals surface area contributed by atoms with Crippen molar-refractivity contribution in [2.24, 2.45) is 5.41 Å². The third-order valence-corrected chi connectivity index (χ3v) is 5.64. The lowest BCUT2D eigenvalue weighted by Gasteiger charge is -2.42. The number of carbonyl (C=O) groups excluding carboxylic acids is 5. The highest BCUT2D eigenvalue weighted by atomic mass is 16.7. The minimum Gasteiger partial charge on any atom is -0.462 e. The van der Waals surface area contributed by atoms with Crippen molar-refractivity contribution in [3.05, 3.63) is 35.9 Å². The highest BCUT2D eigenvalue weighted by Crippen LogP contribution is 2.30. The molecule has 1 heterocycles. The standard InChI is InChI=1S/C26H34O12/c1-15(27)35-21-19(38-24(31)23(37-17(3)29)22(21)36-16(2)28)14-34-25(32)26(4,5)12-11-20(30)33-13-18-9-7-6-8-10-18/h6-10,19,21-24,31H,11-14H2,1-5H3/t19-,21-,22+,23-,24-/m1/s1. The van der Waals surface area contributed by atoms with Gasteiger partial charge in [0.05, 0.1) is 5.41 Å². The molecule has 1 aliphatic rings. The number of ether oxygens (including phenoxy) is 6. The molecule has 0 spiro atoms. The zero-order valence-corrected chi connectivity index (χ0v) is 22.0. The molecule has 12 nitrogen and oxygen atoms in total. The fourth-order valence-electron chi connectivity index (χ4n) is 3.69. The topological polar surface area (TPSA) is 161 Å². The van der Waals surface area contributed by atoms with Gasteiger partial charge in [0.25, 0.3) is 0 Å². The summed E-state index contributed by atoms with van der Waals surface area (Å²) in [6.45, 7) is 6.03. The predicted molar refractivity (Wildman–Crippen MR) is 128 cm³/mol. The van der Waals surface area contributed by atoms with E-state index in [0.29, 0.717) is 0 Å². The average molecular weight is 539 g/mol. The normalized spacial score (nSPS) is 23.1. The molecule has 2 rings (SSSR count). The number of hydrogen-bond acceptors (Lipinski definition) is 12. The summed E-state index contributed by atoms with van der Waals surface area (Å²) in [7, 11) is 0. The lowest BCUT2D eigenvalue weighted by molar-refractivity contribution is -0.296. The maximum atomic E-state index is 12.8. The maximum absolute atomic E-state index is 12.8. The van der Waals surface area contributed by atoms with Crippen LogP contribution in [0.1, 0.15) is 53.0 Å². The first-order valence-corrected chi connectivity index (χ1v) is 12.0. The molecule has 38 heavy (non-hydrogen) atoms. The molecule has 1 aromatic rings. The molecule has 0 bridgehead atoms. The van der Waals surface area contributed by atoms with Crippen LogP contribution in [-0.2, 0) is 59.0 Å². The lowest BCUT2D eigenvalue weighted by atomic mass is 9.88. The van der Waals surface area contributed by atoms with Gasteiger partial charge in [0.15, 0.2) is 24.6 Å². The molecule has 12 heteroatoms. The molecule has 0 saturated carbocycles. The second-order valence-corrected chi connectivity index (χ2v) is 9.42. The van der Waals surface area contributed by atoms with Gasteiger partial charge in [0.1, 0.15) is 19.3 Å². The fourth-order valence-corrected chi connectivity index (χ4v) is 3.69. The summed E-state index contributed by atoms with van der Waals surface area (Å²) in [5, 5.41) is 10.4. The van der Waals surface area contributed by atoms with Crippen LogP contribution in [0.5, 0.6) is 0 Å². The number of aliphatic hydroxyl groups is 1. The van der Waals surface area contributed by atoms with Gasteiger partial charge >= 0.3 is 29.8 Å². The van der Waals surface area contributed by atoms with E-state index < -0.39 is 72.6 Å². The van der Waals surface area contributed by atoms with Crippen molar-refractivity contribution < 1.29 is 57.5 Å². The third kappa shape index (κ3) is 9.42. The second kappa shape index (κ2) is 13.9. The summed E-state index contributed by atoms with van der Waals surface area (Å²) >= 11 is 0. The van der Waals surface area contributed by atoms with Crippen molar-refractivity contribution in [3.63, 3.8) is 0 Å². The van der Waals surface area contributed by atoms with Gasteiger partial charge in [-0.2, -0.15) is 0 Å². The number of hydrogen-bond donors (Lipinski definition) is 1. The van der Waals surface area contributed by atoms with Crippen molar-refractivity contribution in [1.82, 2.24) is 0 Å². The van der Waals surface area contributed by atoms with Gasteiger partial charge in [0.2, 0.25) is 0 Å². The Bertz CT molecular complexity index is 989. The average Bonchev–Trinajstić information content (AvgIpc) is 2.84. The van der Waals surface area contributed by atoms with E-state index in [1.807, 2.05) is 30.3 Å². The predicted octanol–water partition coefficient (Wildman–Crippen LogP) is 1.59. The Morgan fingerprint density at radius 1 is 0.842 bits per heavy atom. The van der Waals surface area contributed by atoms with E-state index in [0.717, 1.165) is 26.3 Å². The van der Waals surface area contributed by atoms with Crippen LogP contribution in [0.3, 0.4) is 0 Å². The number of benzene rings is 1. The Labute approximate surface area is 220 Å². The summed E-state index contributed by atoms with van der Waals surface area (Å²) in [4.78, 5) is 59.9. The highest BCUT2D eigenvalue weighted by Gasteiger charge is 2.52. The highest BCUT2D eigenvalue weighted by molar-refractivity contribution is 5.77. The van der Waals surface area contributed by atoms with Crippen molar-refractivity contribution in [1.29, 1.82) is 0 Å². The van der Waals surface area contributed by atoms with Gasteiger partial charge in [-0.25, -0.2) is 0 Å². The molecule has 1 saturated heterocycles. The van der Waals surface area contributed by atoms with E-state index in [-0.39, 0.29) is 19.4 Å². The largest absolute Gasteiger partial charge is 0.462 e. The molecule has 1 fully saturated rings. The Morgan fingerprint density at radius 2 is 1.39 bits per heavy atom. The van der Waals surface area contributed by atoms with E-state index >= 15 is 0 Å². The molecule has 1 N–H and O–H groups in total. The quantitative estimate of drug-likeness (QED) is 0.320. The van der Waals surface area contributed by atoms with Crippen molar-refractivity contribution in [3.8, 4) is 0 Å². The molecule has 0 aliphatic carbocycles. The van der Waals surface area contributed by atoms with E-state index in [9.17, 15) is 29.1 Å². The Morgan fingerprint density at radius 3 is 1.97 bits per heavy atom. The molecule has 0 aromatic heterocycles. The van der Waals surface area contributed by atoms with Crippen LogP contribution in [0.4, 0.5) is 0 Å². The van der Waals surface area contributed by atoms with Gasteiger partial charge in [-0.3, -0.25) is 24.0 Å². The zero-order valence-electron chi connectivity index (χ0n) is 22.0. The second-order valence-electron chi connectivity index (χ2n) is 9.42. The summed E-state index contributed by atoms with van der Waals surface area (Å²) in [5.74, 6) is -3.55. The first kappa shape index (κ1) is 30.7. The number of rotatable bonds is 11. The summed E-state index contributed by atoms with van der Waals surface area (Å²) in [6, 6.07) is 9.15. The molecule has 1 aromatic carbocycles. The van der Waals surface area contributed by atoms with Crippen LogP contribution in [0, 0.1) is 5.41 Å². The Kier molecular flexibility index (Phi) is 11.2. The van der Waals surface area contributed by atoms with Crippen molar-refractivity contribution in [2.75, 3.05) is 6.61 Å². The van der Waals surface area contributed by atoms with Crippen molar-refractivity contribution >= 4 is 29.8 Å². The van der Waals surface area contributed by atoms with Crippen LogP contribution in [-0.4, -0.2) is 72.3 Å². The molecule has 0 unspecified atom stereocenters. The Balaban J connectivity index is 2.01. The minimum absolute atomic E-state index is 0.0394. The lowest BCUT2D eigenvalue weighted by Crippen LogP contribution is -2.62. The van der Waals surface area contributed by atoms with Crippen LogP contribution in [0.15, 0.2) is 30.3 Å². The van der Waals surface area contributed by atoms with E-state index in [4.69, 9.17) is 28.4 Å². The van der Waals surface area contributed by atoms with Gasteiger partial charge in [-0.15, -0.1) is 0 Å². The summed E-state index contributed by atoms with van der Waals surface area (Å²) in [5.41, 5.74) is -0.273. The van der Waals surface area contributed by atoms with E-state index in [1.54, 1.807) is 13.8 Å². The molecule has 0 radical (unpaired) electrons. The summed E-state index contributed by atoms with van der Waals surface area (Å²) < 4.78 is 31.5. The van der Waals surface area contributed by atoms with Gasteiger partial charge in [0, 0.05) is 27.2 Å². The molecule has 1 aliphatic heterocycles. The fraction of sp³-hybridized carbons (Fsp3) is 0.577. The summed E-state index contributed by atoms with van der Waals surface area (Å²) in [6.07, 6.45) is -7.25. The first-order valence-electron chi connectivity index (χ1n) is 12.0. The number of carbonyl (C=O) groups is 5. The third-order valence-electron chi connectivity index (χ3n) is 5.64. The van der Waals surface area contributed by atoms with E-state index in [1.165, 1.54) is 0 Å². The molecular weight excluding hydrogens is 504 g/mol. The van der Waals surface area contributed by atoms with Gasteiger partial charge in [-0.1, -0.05) is 30.3 Å². The van der Waals surface area contributed by atoms with Gasteiger partial charge < -0.3 is 33.5 Å². The van der Waals surface area contributed by atoms with E-state index in [2.05, 4.69) is 0 Å². The van der Waals surface area contributed by atoms with Crippen LogP contribution >= 0.6 is 0 Å². The van der Waals surface area contributed by atoms with Gasteiger partial charge in [-0.05, 0) is 25.8 Å². The Hall–Kier alpha value is -3.51. The number of esters is 5. The molecular formula is C26H34O12. The molecule has 0 amide bonds. The SMILES string of the molecule is CC(=O)O[C@@H]1[C@@H](OC(C)=O)[C@H](O)O[C@H](COC(=O)C(C)(C)CCC(=O)OCc2ccccc2)[C@H]1OC(C)=O.